The average Bonchev–Trinajstić information content (AvgIpc) is 2.88. The summed E-state index contributed by atoms with van der Waals surface area (Å²) < 4.78 is 6.05. The van der Waals surface area contributed by atoms with Crippen molar-refractivity contribution in [2.75, 3.05) is 0 Å². The molecule has 0 amide bonds. The van der Waals surface area contributed by atoms with Gasteiger partial charge in [0.1, 0.15) is 0 Å². The van der Waals surface area contributed by atoms with Crippen molar-refractivity contribution in [2.45, 2.75) is 45.8 Å². The molecule has 2 atom stereocenters. The van der Waals surface area contributed by atoms with Gasteiger partial charge in [-0.25, -0.2) is 0 Å². The zero-order valence-electron chi connectivity index (χ0n) is 12.9. The van der Waals surface area contributed by atoms with E-state index in [0.29, 0.717) is 0 Å². The van der Waals surface area contributed by atoms with Crippen LogP contribution in [0.2, 0.25) is 0 Å². The summed E-state index contributed by atoms with van der Waals surface area (Å²) in [6, 6.07) is 6.38. The van der Waals surface area contributed by atoms with E-state index in [9.17, 15) is 0 Å². The van der Waals surface area contributed by atoms with Crippen LogP contribution in [0, 0.1) is 6.92 Å². The number of benzene rings is 1. The minimum atomic E-state index is 0.226. The predicted octanol–water partition coefficient (Wildman–Crippen LogP) is 5.63. The second kappa shape index (κ2) is 8.55. The molecular weight excluding hydrogens is 244 g/mol. The maximum Gasteiger partial charge on any atom is 0.0840 e. The molecule has 0 bridgehead atoms. The number of allylic oxidation sites excluding steroid dienone is 2. The van der Waals surface area contributed by atoms with Crippen molar-refractivity contribution in [2.24, 2.45) is 0 Å². The quantitative estimate of drug-likeness (QED) is 0.647. The largest absolute Gasteiger partial charge is 0.366 e. The molecule has 0 saturated carbocycles. The van der Waals surface area contributed by atoms with E-state index in [-0.39, 0.29) is 12.2 Å². The van der Waals surface area contributed by atoms with Gasteiger partial charge in [-0.3, -0.25) is 0 Å². The van der Waals surface area contributed by atoms with Gasteiger partial charge in [-0.05, 0) is 50.3 Å². The Kier molecular flexibility index (Phi) is 7.03. The second-order valence-corrected chi connectivity index (χ2v) is 4.96. The minimum absolute atomic E-state index is 0.226. The molecule has 2 rings (SSSR count). The summed E-state index contributed by atoms with van der Waals surface area (Å²) in [5.74, 6) is 0. The highest BCUT2D eigenvalue weighted by molar-refractivity contribution is 5.57. The van der Waals surface area contributed by atoms with Crippen molar-refractivity contribution in [3.63, 3.8) is 0 Å². The Balaban J connectivity index is 0.000000612. The van der Waals surface area contributed by atoms with Gasteiger partial charge in [-0.1, -0.05) is 49.1 Å². The summed E-state index contributed by atoms with van der Waals surface area (Å²) in [7, 11) is 0. The monoisotopic (exact) mass is 270 g/mol. The van der Waals surface area contributed by atoms with E-state index in [2.05, 4.69) is 50.4 Å². The van der Waals surface area contributed by atoms with Gasteiger partial charge in [0.05, 0.1) is 12.2 Å². The lowest BCUT2D eigenvalue weighted by Gasteiger charge is -2.16. The van der Waals surface area contributed by atoms with Crippen LogP contribution in [0.15, 0.2) is 49.6 Å². The molecule has 2 unspecified atom stereocenters. The Labute approximate surface area is 123 Å². The molecule has 20 heavy (non-hydrogen) atoms. The molecule has 1 heteroatoms. The first-order valence-corrected chi connectivity index (χ1v) is 7.25. The SMILES string of the molecule is C=CC.C=Cc1c(C)cccc1C1CCC(/C=C/C)O1. The van der Waals surface area contributed by atoms with Crippen molar-refractivity contribution >= 4 is 6.08 Å². The Morgan fingerprint density at radius 1 is 1.20 bits per heavy atom. The predicted molar refractivity (Wildman–Crippen MR) is 88.8 cm³/mol. The molecule has 1 aromatic carbocycles. The van der Waals surface area contributed by atoms with Gasteiger partial charge in [-0.2, -0.15) is 0 Å². The third-order valence-electron chi connectivity index (χ3n) is 3.37. The molecule has 1 aromatic rings. The van der Waals surface area contributed by atoms with E-state index >= 15 is 0 Å². The van der Waals surface area contributed by atoms with Gasteiger partial charge in [0.2, 0.25) is 0 Å². The fourth-order valence-electron chi connectivity index (χ4n) is 2.51. The summed E-state index contributed by atoms with van der Waals surface area (Å²) in [6.07, 6.45) is 10.6. The number of hydrogen-bond acceptors (Lipinski definition) is 1. The van der Waals surface area contributed by atoms with E-state index in [1.807, 2.05) is 19.9 Å². The normalized spacial score (nSPS) is 21.4. The number of rotatable bonds is 3. The van der Waals surface area contributed by atoms with Crippen LogP contribution in [0.4, 0.5) is 0 Å². The van der Waals surface area contributed by atoms with Gasteiger partial charge in [0.25, 0.3) is 0 Å². The standard InChI is InChI=1S/C16H20O.C3H6/c1-4-7-13-10-11-16(17-13)15-9-6-8-12(3)14(15)5-2;1-3-2/h4-9,13,16H,2,10-11H2,1,3H3;3H,1H2,2H3/b7-4+;. The Morgan fingerprint density at radius 3 is 2.50 bits per heavy atom. The lowest BCUT2D eigenvalue weighted by atomic mass is 9.96. The third-order valence-corrected chi connectivity index (χ3v) is 3.37. The maximum atomic E-state index is 6.05. The first kappa shape index (κ1) is 16.5. The van der Waals surface area contributed by atoms with E-state index in [1.165, 1.54) is 16.7 Å². The highest BCUT2D eigenvalue weighted by Crippen LogP contribution is 2.36. The highest BCUT2D eigenvalue weighted by Gasteiger charge is 2.26. The molecule has 0 N–H and O–H groups in total. The molecule has 1 aliphatic heterocycles. The van der Waals surface area contributed by atoms with Gasteiger partial charge in [0.15, 0.2) is 0 Å². The van der Waals surface area contributed by atoms with E-state index in [0.717, 1.165) is 12.8 Å². The Bertz CT molecular complexity index is 471. The number of ether oxygens (including phenoxy) is 1. The second-order valence-electron chi connectivity index (χ2n) is 4.96. The van der Waals surface area contributed by atoms with Crippen LogP contribution in [-0.2, 0) is 4.74 Å². The van der Waals surface area contributed by atoms with Crippen LogP contribution in [0.1, 0.15) is 49.5 Å². The molecule has 108 valence electrons. The van der Waals surface area contributed by atoms with E-state index in [4.69, 9.17) is 4.74 Å². The lowest BCUT2D eigenvalue weighted by molar-refractivity contribution is 0.0709. The first-order chi connectivity index (χ1) is 9.67. The van der Waals surface area contributed by atoms with Crippen LogP contribution in [-0.4, -0.2) is 6.10 Å². The van der Waals surface area contributed by atoms with Gasteiger partial charge in [0, 0.05) is 0 Å². The lowest BCUT2D eigenvalue weighted by Crippen LogP contribution is -2.04. The highest BCUT2D eigenvalue weighted by atomic mass is 16.5. The Hall–Kier alpha value is -1.60. The van der Waals surface area contributed by atoms with Crippen LogP contribution in [0.5, 0.6) is 0 Å². The van der Waals surface area contributed by atoms with Crippen LogP contribution >= 0.6 is 0 Å². The smallest absolute Gasteiger partial charge is 0.0840 e. The van der Waals surface area contributed by atoms with Crippen LogP contribution in [0.25, 0.3) is 6.08 Å². The number of aryl methyl sites for hydroxylation is 1. The number of hydrogen-bond donors (Lipinski definition) is 0. The third kappa shape index (κ3) is 4.21. The topological polar surface area (TPSA) is 9.23 Å². The average molecular weight is 270 g/mol. The molecule has 1 saturated heterocycles. The van der Waals surface area contributed by atoms with Crippen molar-refractivity contribution < 1.29 is 4.74 Å². The van der Waals surface area contributed by atoms with Gasteiger partial charge in [-0.15, -0.1) is 6.58 Å². The van der Waals surface area contributed by atoms with Gasteiger partial charge < -0.3 is 4.74 Å². The first-order valence-electron chi connectivity index (χ1n) is 7.25. The Morgan fingerprint density at radius 2 is 1.90 bits per heavy atom. The van der Waals surface area contributed by atoms with Crippen LogP contribution < -0.4 is 0 Å². The molecule has 0 radical (unpaired) electrons. The zero-order valence-corrected chi connectivity index (χ0v) is 12.9. The van der Waals surface area contributed by atoms with Crippen molar-refractivity contribution in [1.82, 2.24) is 0 Å². The van der Waals surface area contributed by atoms with Crippen molar-refractivity contribution in [3.05, 3.63) is 66.3 Å². The van der Waals surface area contributed by atoms with E-state index in [1.54, 1.807) is 6.08 Å². The van der Waals surface area contributed by atoms with Crippen LogP contribution in [0.3, 0.4) is 0 Å². The molecule has 0 aliphatic carbocycles. The maximum absolute atomic E-state index is 6.05. The molecule has 1 fully saturated rings. The molecule has 0 aromatic heterocycles. The fraction of sp³-hybridized carbons (Fsp3) is 0.368. The van der Waals surface area contributed by atoms with E-state index < -0.39 is 0 Å². The molecule has 1 aliphatic rings. The minimum Gasteiger partial charge on any atom is -0.366 e. The summed E-state index contributed by atoms with van der Waals surface area (Å²) in [5, 5.41) is 0. The molecule has 1 heterocycles. The summed E-state index contributed by atoms with van der Waals surface area (Å²) >= 11 is 0. The zero-order chi connectivity index (χ0) is 15.0. The van der Waals surface area contributed by atoms with Crippen molar-refractivity contribution in [1.29, 1.82) is 0 Å². The molecule has 0 spiro atoms. The fourth-order valence-corrected chi connectivity index (χ4v) is 2.51. The van der Waals surface area contributed by atoms with Crippen molar-refractivity contribution in [3.8, 4) is 0 Å². The summed E-state index contributed by atoms with van der Waals surface area (Å²) in [5.41, 5.74) is 3.79. The van der Waals surface area contributed by atoms with Gasteiger partial charge >= 0.3 is 0 Å². The summed E-state index contributed by atoms with van der Waals surface area (Å²) in [4.78, 5) is 0. The summed E-state index contributed by atoms with van der Waals surface area (Å²) in [6.45, 7) is 13.3. The molecule has 1 nitrogen and oxygen atoms in total. The molecular formula is C19H26O.